The van der Waals surface area contributed by atoms with Crippen LogP contribution in [0.2, 0.25) is 10.0 Å². The van der Waals surface area contributed by atoms with Crippen LogP contribution < -0.4 is 10.1 Å². The van der Waals surface area contributed by atoms with Gasteiger partial charge in [0.15, 0.2) is 0 Å². The number of halogens is 2. The fourth-order valence-corrected chi connectivity index (χ4v) is 6.81. The third kappa shape index (κ3) is 6.88. The molecule has 0 aliphatic carbocycles. The maximum atomic E-state index is 14.3. The monoisotopic (exact) mass is 673 g/mol. The van der Waals surface area contributed by atoms with Crippen LogP contribution in [0.25, 0.3) is 10.8 Å². The molecule has 244 valence electrons. The van der Waals surface area contributed by atoms with Gasteiger partial charge in [0.25, 0.3) is 0 Å². The number of nitrogens with one attached hydrogen (secondary N) is 1. The van der Waals surface area contributed by atoms with Gasteiger partial charge in [-0.3, -0.25) is 14.6 Å². The predicted molar refractivity (Wildman–Crippen MR) is 183 cm³/mol. The van der Waals surface area contributed by atoms with Gasteiger partial charge < -0.3 is 19.9 Å². The molecule has 4 aromatic rings. The SMILES string of the molecule is CCCN(C(=O)NCc1ccc(Cl)c(Cl)c1)N1CC(=O)N2[C@@H](Cc3ccc(OC)cc3)C(=O)N(Cc3cccc4ccccc34)C[C@@H]21. The van der Waals surface area contributed by atoms with Gasteiger partial charge >= 0.3 is 6.03 Å². The first kappa shape index (κ1) is 32.6. The van der Waals surface area contributed by atoms with Crippen LogP contribution >= 0.6 is 23.2 Å². The summed E-state index contributed by atoms with van der Waals surface area (Å²) in [4.78, 5) is 45.3. The van der Waals surface area contributed by atoms with Crippen LogP contribution in [0, 0.1) is 0 Å². The largest absolute Gasteiger partial charge is 0.497 e. The second kappa shape index (κ2) is 14.2. The van der Waals surface area contributed by atoms with E-state index in [0.29, 0.717) is 41.7 Å². The van der Waals surface area contributed by atoms with Crippen molar-refractivity contribution in [1.29, 1.82) is 0 Å². The number of hydrogen-bond donors (Lipinski definition) is 1. The molecule has 9 nitrogen and oxygen atoms in total. The number of nitrogens with zero attached hydrogens (tertiary/aromatic N) is 4. The van der Waals surface area contributed by atoms with Gasteiger partial charge in [0.05, 0.1) is 30.2 Å². The van der Waals surface area contributed by atoms with Gasteiger partial charge in [-0.1, -0.05) is 90.8 Å². The third-order valence-electron chi connectivity index (χ3n) is 8.80. The Morgan fingerprint density at radius 3 is 2.45 bits per heavy atom. The van der Waals surface area contributed by atoms with Gasteiger partial charge in [-0.15, -0.1) is 0 Å². The van der Waals surface area contributed by atoms with E-state index < -0.39 is 12.2 Å². The van der Waals surface area contributed by atoms with Crippen LogP contribution in [0.15, 0.2) is 84.9 Å². The summed E-state index contributed by atoms with van der Waals surface area (Å²) in [7, 11) is 1.61. The van der Waals surface area contributed by atoms with Crippen molar-refractivity contribution in [3.05, 3.63) is 112 Å². The Hall–Kier alpha value is -4.31. The quantitative estimate of drug-likeness (QED) is 0.219. The Bertz CT molecular complexity index is 1780. The second-order valence-electron chi connectivity index (χ2n) is 11.8. The molecular weight excluding hydrogens is 637 g/mol. The van der Waals surface area contributed by atoms with Crippen LogP contribution in [0.3, 0.4) is 0 Å². The zero-order valence-electron chi connectivity index (χ0n) is 26.4. The summed E-state index contributed by atoms with van der Waals surface area (Å²) in [5, 5.41) is 9.42. The number of piperazine rings is 1. The van der Waals surface area contributed by atoms with E-state index >= 15 is 0 Å². The zero-order valence-corrected chi connectivity index (χ0v) is 27.9. The number of benzene rings is 4. The van der Waals surface area contributed by atoms with Crippen molar-refractivity contribution >= 4 is 51.8 Å². The number of ether oxygens (including phenoxy) is 1. The lowest BCUT2D eigenvalue weighted by molar-refractivity contribution is -0.157. The minimum absolute atomic E-state index is 0.0145. The topological polar surface area (TPSA) is 85.4 Å². The van der Waals surface area contributed by atoms with Crippen LogP contribution in [-0.4, -0.2) is 76.6 Å². The summed E-state index contributed by atoms with van der Waals surface area (Å²) in [6.45, 7) is 3.23. The molecule has 4 aromatic carbocycles. The lowest BCUT2D eigenvalue weighted by Crippen LogP contribution is -2.66. The average molecular weight is 675 g/mol. The summed E-state index contributed by atoms with van der Waals surface area (Å²) >= 11 is 12.3. The molecule has 6 rings (SSSR count). The zero-order chi connectivity index (χ0) is 33.1. The van der Waals surface area contributed by atoms with Gasteiger partial charge in [0.2, 0.25) is 11.8 Å². The molecule has 47 heavy (non-hydrogen) atoms. The standard InChI is InChI=1S/C36H37Cl2N5O4/c1-3-17-41(36(46)39-20-25-13-16-30(37)31(38)18-25)42-23-34(44)43-32(19-24-11-14-28(47-2)15-12-24)35(45)40(22-33(42)43)21-27-9-6-8-26-7-4-5-10-29(26)27/h4-16,18,32-33H,3,17,19-23H2,1-2H3,(H,39,46)/t32-,33+/m0/s1. The number of carbonyl (C=O) groups excluding carboxylic acids is 3. The summed E-state index contributed by atoms with van der Waals surface area (Å²) < 4.78 is 5.33. The maximum absolute atomic E-state index is 14.3. The molecule has 0 radical (unpaired) electrons. The van der Waals surface area contributed by atoms with Gasteiger partial charge in [-0.05, 0) is 58.1 Å². The second-order valence-corrected chi connectivity index (χ2v) is 12.6. The molecule has 2 aliphatic rings. The first-order valence-electron chi connectivity index (χ1n) is 15.7. The molecule has 0 aromatic heterocycles. The van der Waals surface area contributed by atoms with Crippen molar-refractivity contribution in [3.8, 4) is 5.75 Å². The van der Waals surface area contributed by atoms with Crippen molar-refractivity contribution < 1.29 is 19.1 Å². The van der Waals surface area contributed by atoms with E-state index in [0.717, 1.165) is 27.5 Å². The van der Waals surface area contributed by atoms with Gasteiger partial charge in [0, 0.05) is 26.1 Å². The average Bonchev–Trinajstić information content (AvgIpc) is 3.41. The first-order valence-corrected chi connectivity index (χ1v) is 16.5. The first-order chi connectivity index (χ1) is 22.8. The number of methoxy groups -OCH3 is 1. The normalized spacial score (nSPS) is 18.0. The van der Waals surface area contributed by atoms with E-state index in [1.165, 1.54) is 0 Å². The van der Waals surface area contributed by atoms with Gasteiger partial charge in [0.1, 0.15) is 18.0 Å². The number of rotatable bonds is 10. The van der Waals surface area contributed by atoms with Crippen LogP contribution in [0.4, 0.5) is 4.79 Å². The molecule has 0 saturated carbocycles. The van der Waals surface area contributed by atoms with Gasteiger partial charge in [-0.2, -0.15) is 5.01 Å². The highest BCUT2D eigenvalue weighted by molar-refractivity contribution is 6.42. The van der Waals surface area contributed by atoms with Gasteiger partial charge in [-0.25, -0.2) is 4.79 Å². The summed E-state index contributed by atoms with van der Waals surface area (Å²) in [5.74, 6) is 0.404. The van der Waals surface area contributed by atoms with Crippen molar-refractivity contribution in [2.75, 3.05) is 26.7 Å². The molecule has 2 saturated heterocycles. The third-order valence-corrected chi connectivity index (χ3v) is 9.54. The number of hydrogen-bond acceptors (Lipinski definition) is 5. The Morgan fingerprint density at radius 2 is 1.70 bits per heavy atom. The highest BCUT2D eigenvalue weighted by Gasteiger charge is 2.52. The lowest BCUT2D eigenvalue weighted by atomic mass is 9.99. The minimum atomic E-state index is -0.739. The highest BCUT2D eigenvalue weighted by atomic mass is 35.5. The van der Waals surface area contributed by atoms with E-state index in [1.54, 1.807) is 35.2 Å². The van der Waals surface area contributed by atoms with Crippen LogP contribution in [-0.2, 0) is 29.1 Å². The Labute approximate surface area is 284 Å². The molecule has 2 aliphatic heterocycles. The molecular formula is C36H37Cl2N5O4. The number of fused-ring (bicyclic) bond motifs is 2. The van der Waals surface area contributed by atoms with Crippen molar-refractivity contribution in [2.45, 2.75) is 45.1 Å². The molecule has 4 amide bonds. The Kier molecular flexibility index (Phi) is 9.87. The summed E-state index contributed by atoms with van der Waals surface area (Å²) in [5.41, 5.74) is 2.73. The fraction of sp³-hybridized carbons (Fsp3) is 0.306. The van der Waals surface area contributed by atoms with Crippen molar-refractivity contribution in [2.24, 2.45) is 0 Å². The molecule has 0 spiro atoms. The smallest absolute Gasteiger partial charge is 0.332 e. The molecule has 2 atom stereocenters. The highest BCUT2D eigenvalue weighted by Crippen LogP contribution is 2.32. The minimum Gasteiger partial charge on any atom is -0.497 e. The molecule has 11 heteroatoms. The number of hydrazine groups is 1. The number of amides is 4. The predicted octanol–water partition coefficient (Wildman–Crippen LogP) is 6.12. The number of carbonyl (C=O) groups is 3. The van der Waals surface area contributed by atoms with E-state index in [4.69, 9.17) is 27.9 Å². The maximum Gasteiger partial charge on any atom is 0.332 e. The molecule has 2 heterocycles. The van der Waals surface area contributed by atoms with E-state index in [2.05, 4.69) is 23.5 Å². The Morgan fingerprint density at radius 1 is 0.957 bits per heavy atom. The van der Waals surface area contributed by atoms with E-state index in [1.807, 2.05) is 65.4 Å². The fourth-order valence-electron chi connectivity index (χ4n) is 6.49. The summed E-state index contributed by atoms with van der Waals surface area (Å²) in [6.07, 6.45) is 0.481. The Balaban J connectivity index is 1.30. The number of urea groups is 1. The van der Waals surface area contributed by atoms with Crippen molar-refractivity contribution in [3.63, 3.8) is 0 Å². The molecule has 2 fully saturated rings. The van der Waals surface area contributed by atoms with Crippen LogP contribution in [0.1, 0.15) is 30.0 Å². The lowest BCUT2D eigenvalue weighted by Gasteiger charge is -2.46. The van der Waals surface area contributed by atoms with Crippen molar-refractivity contribution in [1.82, 2.24) is 25.1 Å². The van der Waals surface area contributed by atoms with E-state index in [9.17, 15) is 14.4 Å². The van der Waals surface area contributed by atoms with E-state index in [-0.39, 0.29) is 37.5 Å². The molecule has 0 bridgehead atoms. The molecule has 0 unspecified atom stereocenters. The molecule has 1 N–H and O–H groups in total. The van der Waals surface area contributed by atoms with Crippen LogP contribution in [0.5, 0.6) is 5.75 Å². The summed E-state index contributed by atoms with van der Waals surface area (Å²) in [6, 6.07) is 25.9.